The van der Waals surface area contributed by atoms with Crippen molar-refractivity contribution in [1.29, 1.82) is 0 Å². The Labute approximate surface area is 119 Å². The van der Waals surface area contributed by atoms with Gasteiger partial charge in [0.2, 0.25) is 5.91 Å². The maximum atomic E-state index is 11.7. The van der Waals surface area contributed by atoms with Gasteiger partial charge in [-0.1, -0.05) is 29.8 Å². The van der Waals surface area contributed by atoms with Crippen molar-refractivity contribution < 1.29 is 4.79 Å². The molecule has 0 spiro atoms. The second kappa shape index (κ2) is 7.62. The molecule has 2 rings (SSSR count). The van der Waals surface area contributed by atoms with Crippen LogP contribution < -0.4 is 10.6 Å². The van der Waals surface area contributed by atoms with Crippen LogP contribution >= 0.6 is 24.0 Å². The van der Waals surface area contributed by atoms with E-state index < -0.39 is 0 Å². The smallest absolute Gasteiger partial charge is 0.224 e. The van der Waals surface area contributed by atoms with E-state index in [-0.39, 0.29) is 18.3 Å². The first-order chi connectivity index (χ1) is 8.25. The van der Waals surface area contributed by atoms with Crippen LogP contribution in [-0.2, 0) is 11.2 Å². The molecule has 2 N–H and O–H groups in total. The Kier molecular flexibility index (Phi) is 6.47. The van der Waals surface area contributed by atoms with Crippen LogP contribution in [0.15, 0.2) is 24.3 Å². The van der Waals surface area contributed by atoms with Gasteiger partial charge in [-0.25, -0.2) is 0 Å². The third-order valence-electron chi connectivity index (χ3n) is 3.06. The molecule has 18 heavy (non-hydrogen) atoms. The monoisotopic (exact) mass is 288 g/mol. The number of rotatable bonds is 4. The summed E-state index contributed by atoms with van der Waals surface area (Å²) in [7, 11) is 0. The first-order valence-electron chi connectivity index (χ1n) is 5.96. The first-order valence-corrected chi connectivity index (χ1v) is 6.34. The van der Waals surface area contributed by atoms with E-state index >= 15 is 0 Å². The van der Waals surface area contributed by atoms with Gasteiger partial charge in [-0.15, -0.1) is 12.4 Å². The van der Waals surface area contributed by atoms with Crippen molar-refractivity contribution >= 4 is 29.9 Å². The lowest BCUT2D eigenvalue weighted by Crippen LogP contribution is -2.31. The van der Waals surface area contributed by atoms with Gasteiger partial charge in [0.1, 0.15) is 0 Å². The summed E-state index contributed by atoms with van der Waals surface area (Å²) in [5.74, 6) is 0.621. The van der Waals surface area contributed by atoms with Crippen LogP contribution in [0.25, 0.3) is 0 Å². The molecular weight excluding hydrogens is 271 g/mol. The predicted octanol–water partition coefficient (Wildman–Crippen LogP) is 2.03. The molecule has 0 aliphatic carbocycles. The fourth-order valence-electron chi connectivity index (χ4n) is 2.02. The van der Waals surface area contributed by atoms with Gasteiger partial charge in [0.15, 0.2) is 0 Å². The van der Waals surface area contributed by atoms with E-state index in [4.69, 9.17) is 11.6 Å². The van der Waals surface area contributed by atoms with Crippen molar-refractivity contribution in [1.82, 2.24) is 10.6 Å². The summed E-state index contributed by atoms with van der Waals surface area (Å²) >= 11 is 6.01. The highest BCUT2D eigenvalue weighted by Gasteiger charge is 2.15. The van der Waals surface area contributed by atoms with Gasteiger partial charge in [0, 0.05) is 11.6 Å². The van der Waals surface area contributed by atoms with E-state index in [1.54, 1.807) is 0 Å². The van der Waals surface area contributed by atoms with E-state index in [1.165, 1.54) is 0 Å². The van der Waals surface area contributed by atoms with Crippen LogP contribution in [0.2, 0.25) is 5.02 Å². The third kappa shape index (κ3) is 4.48. The standard InChI is InChI=1S/C13H17ClN2O.ClH/c14-12-4-2-1-3-11(12)7-13(17)16-9-10-5-6-15-8-10;/h1-4,10,15H,5-9H2,(H,16,17);1H. The molecule has 1 aromatic carbocycles. The minimum atomic E-state index is 0. The summed E-state index contributed by atoms with van der Waals surface area (Å²) in [6, 6.07) is 7.47. The topological polar surface area (TPSA) is 41.1 Å². The fraction of sp³-hybridized carbons (Fsp3) is 0.462. The molecule has 100 valence electrons. The lowest BCUT2D eigenvalue weighted by atomic mass is 10.1. The molecule has 1 aromatic rings. The summed E-state index contributed by atoms with van der Waals surface area (Å²) in [5, 5.41) is 6.90. The van der Waals surface area contributed by atoms with Crippen molar-refractivity contribution in [2.24, 2.45) is 5.92 Å². The summed E-state index contributed by atoms with van der Waals surface area (Å²) in [4.78, 5) is 11.7. The Balaban J connectivity index is 0.00000162. The largest absolute Gasteiger partial charge is 0.355 e. The molecule has 1 unspecified atom stereocenters. The Morgan fingerprint density at radius 3 is 2.89 bits per heavy atom. The molecule has 1 aliphatic heterocycles. The number of halogens is 2. The highest BCUT2D eigenvalue weighted by Crippen LogP contribution is 2.15. The molecule has 0 radical (unpaired) electrons. The van der Waals surface area contributed by atoms with Gasteiger partial charge >= 0.3 is 0 Å². The van der Waals surface area contributed by atoms with Crippen LogP contribution in [-0.4, -0.2) is 25.5 Å². The maximum Gasteiger partial charge on any atom is 0.224 e. The number of amides is 1. The summed E-state index contributed by atoms with van der Waals surface area (Å²) in [6.07, 6.45) is 1.51. The molecular formula is C13H18Cl2N2O. The normalized spacial score (nSPS) is 18.2. The Hall–Kier alpha value is -0.770. The average Bonchev–Trinajstić information content (AvgIpc) is 2.82. The van der Waals surface area contributed by atoms with Crippen LogP contribution in [0, 0.1) is 5.92 Å². The third-order valence-corrected chi connectivity index (χ3v) is 3.43. The number of benzene rings is 1. The van der Waals surface area contributed by atoms with Gasteiger partial charge < -0.3 is 10.6 Å². The highest BCUT2D eigenvalue weighted by atomic mass is 35.5. The van der Waals surface area contributed by atoms with E-state index in [9.17, 15) is 4.79 Å². The summed E-state index contributed by atoms with van der Waals surface area (Å²) in [6.45, 7) is 2.83. The summed E-state index contributed by atoms with van der Waals surface area (Å²) < 4.78 is 0. The van der Waals surface area contributed by atoms with Crippen LogP contribution in [0.5, 0.6) is 0 Å². The molecule has 1 aliphatic rings. The molecule has 0 aromatic heterocycles. The van der Waals surface area contributed by atoms with Crippen molar-refractivity contribution in [2.75, 3.05) is 19.6 Å². The van der Waals surface area contributed by atoms with E-state index in [1.807, 2.05) is 24.3 Å². The number of carbonyl (C=O) groups is 1. The van der Waals surface area contributed by atoms with Crippen molar-refractivity contribution in [3.8, 4) is 0 Å². The van der Waals surface area contributed by atoms with E-state index in [0.29, 0.717) is 17.4 Å². The number of hydrogen-bond donors (Lipinski definition) is 2. The van der Waals surface area contributed by atoms with Gasteiger partial charge in [-0.05, 0) is 37.1 Å². The molecule has 1 amide bonds. The Morgan fingerprint density at radius 1 is 1.44 bits per heavy atom. The van der Waals surface area contributed by atoms with Crippen molar-refractivity contribution in [3.05, 3.63) is 34.9 Å². The zero-order chi connectivity index (χ0) is 12.1. The molecule has 1 atom stereocenters. The zero-order valence-corrected chi connectivity index (χ0v) is 11.7. The summed E-state index contributed by atoms with van der Waals surface area (Å²) in [5.41, 5.74) is 0.885. The Bertz CT molecular complexity index is 392. The quantitative estimate of drug-likeness (QED) is 0.890. The lowest BCUT2D eigenvalue weighted by molar-refractivity contribution is -0.120. The van der Waals surface area contributed by atoms with Crippen LogP contribution in [0.4, 0.5) is 0 Å². The zero-order valence-electron chi connectivity index (χ0n) is 10.1. The average molecular weight is 289 g/mol. The van der Waals surface area contributed by atoms with Gasteiger partial charge in [-0.3, -0.25) is 4.79 Å². The van der Waals surface area contributed by atoms with Gasteiger partial charge in [0.25, 0.3) is 0 Å². The minimum absolute atomic E-state index is 0. The molecule has 1 saturated heterocycles. The molecule has 3 nitrogen and oxygen atoms in total. The molecule has 1 heterocycles. The van der Waals surface area contributed by atoms with Gasteiger partial charge in [0.05, 0.1) is 6.42 Å². The molecule has 0 saturated carbocycles. The molecule has 1 fully saturated rings. The van der Waals surface area contributed by atoms with Crippen molar-refractivity contribution in [3.63, 3.8) is 0 Å². The van der Waals surface area contributed by atoms with Crippen LogP contribution in [0.1, 0.15) is 12.0 Å². The van der Waals surface area contributed by atoms with E-state index in [2.05, 4.69) is 10.6 Å². The maximum absolute atomic E-state index is 11.7. The number of hydrogen-bond acceptors (Lipinski definition) is 2. The highest BCUT2D eigenvalue weighted by molar-refractivity contribution is 6.31. The van der Waals surface area contributed by atoms with E-state index in [0.717, 1.165) is 31.6 Å². The number of nitrogens with one attached hydrogen (secondary N) is 2. The second-order valence-corrected chi connectivity index (χ2v) is 4.84. The lowest BCUT2D eigenvalue weighted by Gasteiger charge is -2.10. The first kappa shape index (κ1) is 15.3. The second-order valence-electron chi connectivity index (χ2n) is 4.43. The SMILES string of the molecule is Cl.O=C(Cc1ccccc1Cl)NCC1CCNC1. The molecule has 0 bridgehead atoms. The predicted molar refractivity (Wildman–Crippen MR) is 76.4 cm³/mol. The minimum Gasteiger partial charge on any atom is -0.355 e. The van der Waals surface area contributed by atoms with Crippen LogP contribution in [0.3, 0.4) is 0 Å². The van der Waals surface area contributed by atoms with Gasteiger partial charge in [-0.2, -0.15) is 0 Å². The fourth-order valence-corrected chi connectivity index (χ4v) is 2.23. The Morgan fingerprint density at radius 2 is 2.22 bits per heavy atom. The number of carbonyl (C=O) groups excluding carboxylic acids is 1. The van der Waals surface area contributed by atoms with Crippen molar-refractivity contribution in [2.45, 2.75) is 12.8 Å². The molecule has 5 heteroatoms.